The molecule has 1 aromatic heterocycles. The molecule has 1 aliphatic rings. The average molecular weight is 426 g/mol. The molecule has 2 aromatic rings. The molecule has 0 radical (unpaired) electrons. The van der Waals surface area contributed by atoms with Crippen molar-refractivity contribution >= 4 is 17.7 Å². The Hall–Kier alpha value is -3.08. The van der Waals surface area contributed by atoms with E-state index in [-0.39, 0.29) is 24.4 Å². The second-order valence-electron chi connectivity index (χ2n) is 6.64. The maximum absolute atomic E-state index is 13.6. The molecular weight excluding hydrogens is 405 g/mol. The van der Waals surface area contributed by atoms with Crippen molar-refractivity contribution in [3.63, 3.8) is 0 Å². The first kappa shape index (κ1) is 21.6. The molecule has 2 heterocycles. The van der Waals surface area contributed by atoms with Crippen LogP contribution in [0.4, 0.5) is 23.7 Å². The fraction of sp³-hybridized carbons (Fsp3) is 0.421. The first-order valence-electron chi connectivity index (χ1n) is 9.31. The number of nitrogens with one attached hydrogen (secondary N) is 1. The van der Waals surface area contributed by atoms with Crippen LogP contribution in [0.3, 0.4) is 0 Å². The fourth-order valence-corrected chi connectivity index (χ4v) is 3.07. The molecule has 2 amide bonds. The monoisotopic (exact) mass is 426 g/mol. The minimum Gasteiger partial charge on any atom is -0.462 e. The number of hydrogen-bond donors (Lipinski definition) is 1. The van der Waals surface area contributed by atoms with Gasteiger partial charge in [-0.05, 0) is 38.1 Å². The fourth-order valence-electron chi connectivity index (χ4n) is 3.07. The lowest BCUT2D eigenvalue weighted by Crippen LogP contribution is -2.46. The topological polar surface area (TPSA) is 85.7 Å². The molecule has 0 bridgehead atoms. The summed E-state index contributed by atoms with van der Waals surface area (Å²) < 4.78 is 51.4. The third-order valence-electron chi connectivity index (χ3n) is 4.42. The van der Waals surface area contributed by atoms with Crippen molar-refractivity contribution in [2.45, 2.75) is 26.1 Å². The highest BCUT2D eigenvalue weighted by Crippen LogP contribution is 2.34. The number of carbonyl (C=O) groups is 2. The van der Waals surface area contributed by atoms with Gasteiger partial charge in [0.05, 0.1) is 31.2 Å². The number of carbonyl (C=O) groups excluding carboxylic acids is 2. The number of anilines is 1. The van der Waals surface area contributed by atoms with Crippen LogP contribution in [0.5, 0.6) is 0 Å². The number of ether oxygens (including phenoxy) is 2. The largest absolute Gasteiger partial charge is 0.462 e. The first-order valence-corrected chi connectivity index (χ1v) is 9.31. The molecule has 1 atom stereocenters. The zero-order valence-electron chi connectivity index (χ0n) is 16.4. The van der Waals surface area contributed by atoms with Gasteiger partial charge in [0.25, 0.3) is 0 Å². The van der Waals surface area contributed by atoms with E-state index in [9.17, 15) is 22.8 Å². The minimum absolute atomic E-state index is 0.0579. The lowest BCUT2D eigenvalue weighted by molar-refractivity contribution is -0.143. The number of nitrogens with zero attached hydrogens (tertiary/aromatic N) is 3. The van der Waals surface area contributed by atoms with E-state index in [0.29, 0.717) is 30.1 Å². The van der Waals surface area contributed by atoms with Gasteiger partial charge in [-0.15, -0.1) is 0 Å². The number of hydrogen-bond acceptors (Lipinski definition) is 5. The molecule has 8 nitrogen and oxygen atoms in total. The van der Waals surface area contributed by atoms with Gasteiger partial charge < -0.3 is 19.7 Å². The smallest absolute Gasteiger partial charge is 0.434 e. The number of amides is 2. The minimum atomic E-state index is -4.82. The van der Waals surface area contributed by atoms with Crippen LogP contribution in [0.1, 0.15) is 29.9 Å². The average Bonchev–Trinajstić information content (AvgIpc) is 3.14. The summed E-state index contributed by atoms with van der Waals surface area (Å²) >= 11 is 0. The molecule has 1 N–H and O–H groups in total. The second-order valence-corrected chi connectivity index (χ2v) is 6.64. The molecule has 11 heteroatoms. The normalized spacial score (nSPS) is 17.0. The van der Waals surface area contributed by atoms with Crippen LogP contribution >= 0.6 is 0 Å². The predicted octanol–water partition coefficient (Wildman–Crippen LogP) is 3.32. The number of halogens is 3. The molecule has 1 aliphatic heterocycles. The Balaban J connectivity index is 1.81. The van der Waals surface area contributed by atoms with Crippen LogP contribution < -0.4 is 5.32 Å². The van der Waals surface area contributed by atoms with Gasteiger partial charge in [0.2, 0.25) is 0 Å². The van der Waals surface area contributed by atoms with Crippen molar-refractivity contribution in [2.24, 2.45) is 0 Å². The Labute approximate surface area is 170 Å². The van der Waals surface area contributed by atoms with Crippen LogP contribution in [0.25, 0.3) is 5.69 Å². The van der Waals surface area contributed by atoms with Crippen LogP contribution in [-0.2, 0) is 15.7 Å². The van der Waals surface area contributed by atoms with Crippen molar-refractivity contribution in [1.82, 2.24) is 14.7 Å². The molecule has 1 fully saturated rings. The number of rotatable bonds is 4. The number of esters is 1. The summed E-state index contributed by atoms with van der Waals surface area (Å²) in [6.07, 6.45) is -4.06. The maximum atomic E-state index is 13.6. The SMILES string of the molecule is CCOC(=O)c1cnn(-c2ccc(NC(=O)N3CCO[C@H](C)C3)cc2)c1C(F)(F)F. The Kier molecular flexibility index (Phi) is 6.30. The lowest BCUT2D eigenvalue weighted by atomic mass is 10.2. The molecule has 0 spiro atoms. The Bertz CT molecular complexity index is 911. The highest BCUT2D eigenvalue weighted by Gasteiger charge is 2.41. The zero-order chi connectivity index (χ0) is 21.9. The van der Waals surface area contributed by atoms with Gasteiger partial charge in [-0.1, -0.05) is 0 Å². The third kappa shape index (κ3) is 4.73. The van der Waals surface area contributed by atoms with Crippen molar-refractivity contribution in [3.8, 4) is 5.69 Å². The summed E-state index contributed by atoms with van der Waals surface area (Å²) in [5.41, 5.74) is -1.40. The Morgan fingerprint density at radius 3 is 2.60 bits per heavy atom. The number of alkyl halides is 3. The van der Waals surface area contributed by atoms with E-state index in [4.69, 9.17) is 4.74 Å². The van der Waals surface area contributed by atoms with Crippen LogP contribution in [-0.4, -0.2) is 59.1 Å². The molecule has 0 saturated carbocycles. The highest BCUT2D eigenvalue weighted by atomic mass is 19.4. The highest BCUT2D eigenvalue weighted by molar-refractivity contribution is 5.91. The van der Waals surface area contributed by atoms with Gasteiger partial charge in [-0.25, -0.2) is 14.3 Å². The van der Waals surface area contributed by atoms with Crippen molar-refractivity contribution in [2.75, 3.05) is 31.6 Å². The Morgan fingerprint density at radius 1 is 1.30 bits per heavy atom. The van der Waals surface area contributed by atoms with Gasteiger partial charge in [0.15, 0.2) is 5.69 Å². The van der Waals surface area contributed by atoms with Gasteiger partial charge in [0.1, 0.15) is 5.56 Å². The molecular formula is C19H21F3N4O4. The van der Waals surface area contributed by atoms with Gasteiger partial charge in [-0.2, -0.15) is 18.3 Å². The summed E-state index contributed by atoms with van der Waals surface area (Å²) in [6, 6.07) is 5.34. The van der Waals surface area contributed by atoms with E-state index >= 15 is 0 Å². The molecule has 1 aromatic carbocycles. The predicted molar refractivity (Wildman–Crippen MR) is 101 cm³/mol. The number of urea groups is 1. The Morgan fingerprint density at radius 2 is 2.00 bits per heavy atom. The van der Waals surface area contributed by atoms with Crippen molar-refractivity contribution in [1.29, 1.82) is 0 Å². The van der Waals surface area contributed by atoms with E-state index in [1.165, 1.54) is 31.2 Å². The standard InChI is InChI=1S/C19H21F3N4O4/c1-3-29-17(27)15-10-23-26(16(15)19(20,21)22)14-6-4-13(5-7-14)24-18(28)25-8-9-30-12(2)11-25/h4-7,10,12H,3,8-9,11H2,1-2H3,(H,24,28)/t12-/m1/s1. The van der Waals surface area contributed by atoms with Crippen LogP contribution in [0.15, 0.2) is 30.5 Å². The first-order chi connectivity index (χ1) is 14.2. The van der Waals surface area contributed by atoms with Gasteiger partial charge >= 0.3 is 18.2 Å². The molecule has 1 saturated heterocycles. The molecule has 0 unspecified atom stereocenters. The summed E-state index contributed by atoms with van der Waals surface area (Å²) in [6.45, 7) is 4.64. The van der Waals surface area contributed by atoms with E-state index < -0.39 is 23.4 Å². The number of aromatic nitrogens is 2. The molecule has 3 rings (SSSR count). The van der Waals surface area contributed by atoms with E-state index in [1.807, 2.05) is 6.92 Å². The van der Waals surface area contributed by atoms with E-state index in [1.54, 1.807) is 4.90 Å². The second kappa shape index (κ2) is 8.74. The van der Waals surface area contributed by atoms with E-state index in [0.717, 1.165) is 6.20 Å². The molecule has 30 heavy (non-hydrogen) atoms. The summed E-state index contributed by atoms with van der Waals surface area (Å²) in [7, 11) is 0. The maximum Gasteiger partial charge on any atom is 0.434 e. The molecule has 0 aliphatic carbocycles. The van der Waals surface area contributed by atoms with Gasteiger partial charge in [-0.3, -0.25) is 0 Å². The molecule has 162 valence electrons. The third-order valence-corrected chi connectivity index (χ3v) is 4.42. The summed E-state index contributed by atoms with van der Waals surface area (Å²) in [4.78, 5) is 25.8. The summed E-state index contributed by atoms with van der Waals surface area (Å²) in [5.74, 6) is -1.10. The van der Waals surface area contributed by atoms with Gasteiger partial charge in [0, 0.05) is 18.8 Å². The lowest BCUT2D eigenvalue weighted by Gasteiger charge is -2.31. The van der Waals surface area contributed by atoms with E-state index in [2.05, 4.69) is 15.2 Å². The number of benzene rings is 1. The van der Waals surface area contributed by atoms with Crippen LogP contribution in [0, 0.1) is 0 Å². The quantitative estimate of drug-likeness (QED) is 0.759. The van der Waals surface area contributed by atoms with Crippen molar-refractivity contribution < 1.29 is 32.2 Å². The van der Waals surface area contributed by atoms with Crippen molar-refractivity contribution in [3.05, 3.63) is 41.7 Å². The zero-order valence-corrected chi connectivity index (χ0v) is 16.4. The number of morpholine rings is 1. The summed E-state index contributed by atoms with van der Waals surface area (Å²) in [5, 5.41) is 6.42. The van der Waals surface area contributed by atoms with Crippen LogP contribution in [0.2, 0.25) is 0 Å².